The van der Waals surface area contributed by atoms with Gasteiger partial charge in [0.15, 0.2) is 0 Å². The lowest BCUT2D eigenvalue weighted by Crippen LogP contribution is -2.51. The summed E-state index contributed by atoms with van der Waals surface area (Å²) in [4.78, 5) is 25.7. The van der Waals surface area contributed by atoms with E-state index in [4.69, 9.17) is 0 Å². The highest BCUT2D eigenvalue weighted by Crippen LogP contribution is 2.53. The Balaban J connectivity index is 1.80. The van der Waals surface area contributed by atoms with Crippen molar-refractivity contribution in [3.63, 3.8) is 0 Å². The maximum absolute atomic E-state index is 12.9. The van der Waals surface area contributed by atoms with Gasteiger partial charge in [0.25, 0.3) is 0 Å². The number of aromatic nitrogens is 3. The number of nitrogens with zero attached hydrogens (tertiary/aromatic N) is 3. The van der Waals surface area contributed by atoms with Crippen LogP contribution in [0.25, 0.3) is 5.69 Å². The van der Waals surface area contributed by atoms with Crippen molar-refractivity contribution in [2.45, 2.75) is 19.0 Å². The van der Waals surface area contributed by atoms with Crippen molar-refractivity contribution in [3.8, 4) is 5.69 Å². The zero-order chi connectivity index (χ0) is 15.0. The van der Waals surface area contributed by atoms with Gasteiger partial charge < -0.3 is 0 Å². The summed E-state index contributed by atoms with van der Waals surface area (Å²) in [5.41, 5.74) is 1.46. The molecule has 0 saturated carbocycles. The van der Waals surface area contributed by atoms with Gasteiger partial charge in [0.05, 0.1) is 17.8 Å². The molecule has 6 rings (SSSR count). The lowest BCUT2D eigenvalue weighted by molar-refractivity contribution is 0.126. The lowest BCUT2D eigenvalue weighted by atomic mass is 9.64. The molecule has 0 N–H and O–H groups in total. The molecule has 0 radical (unpaired) electrons. The van der Waals surface area contributed by atoms with Crippen molar-refractivity contribution in [2.24, 2.45) is 11.8 Å². The zero-order valence-corrected chi connectivity index (χ0v) is 12.1. The van der Waals surface area contributed by atoms with Gasteiger partial charge in [-0.15, -0.1) is 0 Å². The van der Waals surface area contributed by atoms with Gasteiger partial charge in [0, 0.05) is 11.8 Å². The first kappa shape index (κ1) is 12.0. The average molecular weight is 293 g/mol. The lowest BCUT2D eigenvalue weighted by Gasteiger charge is -2.50. The van der Waals surface area contributed by atoms with Gasteiger partial charge in [0.1, 0.15) is 0 Å². The fraction of sp³-hybridized carbons (Fsp3) is 0.294. The topological polar surface area (TPSA) is 48.9 Å². The van der Waals surface area contributed by atoms with E-state index >= 15 is 0 Å². The molecule has 0 fully saturated rings. The maximum Gasteiger partial charge on any atom is 0.352 e. The number of rotatable bonds is 1. The van der Waals surface area contributed by atoms with Crippen molar-refractivity contribution < 1.29 is 0 Å². The largest absolute Gasteiger partial charge is 0.352 e. The highest BCUT2D eigenvalue weighted by atomic mass is 16.2. The molecule has 110 valence electrons. The Hall–Kier alpha value is -2.56. The van der Waals surface area contributed by atoms with Crippen LogP contribution in [0.4, 0.5) is 0 Å². The third-order valence-electron chi connectivity index (χ3n) is 5.25. The summed E-state index contributed by atoms with van der Waals surface area (Å²) in [6.07, 6.45) is 6.38. The molecular weight excluding hydrogens is 278 g/mol. The maximum atomic E-state index is 12.9. The normalized spacial score (nSPS) is 30.5. The third-order valence-corrected chi connectivity index (χ3v) is 5.25. The highest BCUT2D eigenvalue weighted by molar-refractivity contribution is 5.35. The molecule has 0 spiro atoms. The van der Waals surface area contributed by atoms with Gasteiger partial charge >= 0.3 is 11.4 Å². The van der Waals surface area contributed by atoms with Crippen LogP contribution in [0.2, 0.25) is 0 Å². The number of hydrogen-bond donors (Lipinski definition) is 0. The molecule has 22 heavy (non-hydrogen) atoms. The van der Waals surface area contributed by atoms with Crippen molar-refractivity contribution in [1.29, 1.82) is 0 Å². The molecule has 0 amide bonds. The van der Waals surface area contributed by atoms with E-state index in [2.05, 4.69) is 25.2 Å². The van der Waals surface area contributed by atoms with Crippen molar-refractivity contribution in [3.05, 3.63) is 75.1 Å². The Kier molecular flexibility index (Phi) is 2.08. The van der Waals surface area contributed by atoms with Crippen molar-refractivity contribution >= 4 is 0 Å². The predicted molar refractivity (Wildman–Crippen MR) is 82.2 cm³/mol. The number of benzene rings is 1. The first-order valence-electron chi connectivity index (χ1n) is 7.56. The average Bonchev–Trinajstić information content (AvgIpc) is 2.80. The third kappa shape index (κ3) is 1.21. The molecule has 0 unspecified atom stereocenters. The van der Waals surface area contributed by atoms with Gasteiger partial charge in [0.2, 0.25) is 0 Å². The first-order chi connectivity index (χ1) is 10.7. The second-order valence-corrected chi connectivity index (χ2v) is 6.31. The van der Waals surface area contributed by atoms with Crippen molar-refractivity contribution in [2.75, 3.05) is 0 Å². The number of allylic oxidation sites excluding steroid dienone is 4. The molecule has 2 aromatic rings. The fourth-order valence-corrected chi connectivity index (χ4v) is 4.28. The smallest absolute Gasteiger partial charge is 0.245 e. The van der Waals surface area contributed by atoms with Crippen LogP contribution in [0.15, 0.2) is 63.7 Å². The SMILES string of the molecule is CC1=C[C@H]2[C@@H]1[C@@H]1C=C[C@@H]2n2c(=O)n(-c3ccccc3)c(=O)n21. The zero-order valence-electron chi connectivity index (χ0n) is 12.1. The molecule has 4 aliphatic rings. The standard InChI is InChI=1S/C17H15N3O2/c1-10-9-12-13-7-8-14(15(10)12)20-17(22)18(16(21)19(13)20)11-5-3-2-4-6-11/h2-9,12-15H,1H3/t12-,13+,14+,15-/m1/s1. The van der Waals surface area contributed by atoms with Crippen LogP contribution in [0.3, 0.4) is 0 Å². The second-order valence-electron chi connectivity index (χ2n) is 6.31. The number of para-hydroxylation sites is 1. The van der Waals surface area contributed by atoms with E-state index in [1.54, 1.807) is 21.5 Å². The van der Waals surface area contributed by atoms with Gasteiger partial charge in [-0.1, -0.05) is 42.0 Å². The van der Waals surface area contributed by atoms with Crippen LogP contribution >= 0.6 is 0 Å². The molecule has 2 aliphatic carbocycles. The summed E-state index contributed by atoms with van der Waals surface area (Å²) in [5.74, 6) is 0.706. The molecule has 4 atom stereocenters. The Morgan fingerprint density at radius 2 is 1.55 bits per heavy atom. The van der Waals surface area contributed by atoms with Gasteiger partial charge in [-0.2, -0.15) is 0 Å². The van der Waals surface area contributed by atoms with E-state index < -0.39 is 0 Å². The van der Waals surface area contributed by atoms with E-state index in [1.807, 2.05) is 18.2 Å². The Morgan fingerprint density at radius 3 is 2.23 bits per heavy atom. The van der Waals surface area contributed by atoms with Crippen LogP contribution < -0.4 is 11.4 Å². The highest BCUT2D eigenvalue weighted by Gasteiger charge is 2.50. The minimum absolute atomic E-state index is 0.0369. The molecule has 1 aromatic heterocycles. The molecule has 3 heterocycles. The van der Waals surface area contributed by atoms with Crippen LogP contribution in [0.1, 0.15) is 19.0 Å². The summed E-state index contributed by atoms with van der Waals surface area (Å²) in [7, 11) is 0. The minimum atomic E-state index is -0.244. The van der Waals surface area contributed by atoms with Crippen LogP contribution in [0.5, 0.6) is 0 Å². The summed E-state index contributed by atoms with van der Waals surface area (Å²) in [6, 6.07) is 9.07. The van der Waals surface area contributed by atoms with E-state index in [9.17, 15) is 9.59 Å². The number of hydrogen-bond acceptors (Lipinski definition) is 2. The summed E-state index contributed by atoms with van der Waals surface area (Å²) in [5, 5.41) is 0. The molecule has 2 aliphatic heterocycles. The molecule has 5 heteroatoms. The molecule has 2 bridgehead atoms. The van der Waals surface area contributed by atoms with E-state index in [-0.39, 0.29) is 23.5 Å². The summed E-state index contributed by atoms with van der Waals surface area (Å²) < 4.78 is 4.58. The Labute approximate surface area is 126 Å². The molecule has 0 saturated heterocycles. The fourth-order valence-electron chi connectivity index (χ4n) is 4.28. The van der Waals surface area contributed by atoms with Gasteiger partial charge in [-0.3, -0.25) is 0 Å². The molecule has 5 nitrogen and oxygen atoms in total. The van der Waals surface area contributed by atoms with Gasteiger partial charge in [-0.25, -0.2) is 23.5 Å². The summed E-state index contributed by atoms with van der Waals surface area (Å²) in [6.45, 7) is 2.11. The predicted octanol–water partition coefficient (Wildman–Crippen LogP) is 1.66. The molecular formula is C17H15N3O2. The quantitative estimate of drug-likeness (QED) is 0.751. The second kappa shape index (κ2) is 3.80. The Morgan fingerprint density at radius 1 is 0.909 bits per heavy atom. The van der Waals surface area contributed by atoms with E-state index in [0.717, 1.165) is 0 Å². The molecule has 1 aromatic carbocycles. The van der Waals surface area contributed by atoms with Crippen LogP contribution in [0, 0.1) is 11.8 Å². The van der Waals surface area contributed by atoms with Gasteiger partial charge in [-0.05, 0) is 19.1 Å². The monoisotopic (exact) mass is 293 g/mol. The van der Waals surface area contributed by atoms with Crippen molar-refractivity contribution in [1.82, 2.24) is 13.9 Å². The van der Waals surface area contributed by atoms with Crippen LogP contribution in [-0.2, 0) is 0 Å². The van der Waals surface area contributed by atoms with E-state index in [0.29, 0.717) is 17.5 Å². The van der Waals surface area contributed by atoms with Crippen LogP contribution in [-0.4, -0.2) is 13.9 Å². The summed E-state index contributed by atoms with van der Waals surface area (Å²) >= 11 is 0. The van der Waals surface area contributed by atoms with E-state index in [1.165, 1.54) is 10.1 Å². The Bertz CT molecular complexity index is 958. The first-order valence-corrected chi connectivity index (χ1v) is 7.56. The minimum Gasteiger partial charge on any atom is -0.245 e.